The quantitative estimate of drug-likeness (QED) is 0.772. The van der Waals surface area contributed by atoms with E-state index in [4.69, 9.17) is 9.15 Å². The maximum absolute atomic E-state index is 12.6. The topological polar surface area (TPSA) is 71.8 Å². The normalized spacial score (nSPS) is 14.3. The van der Waals surface area contributed by atoms with Crippen molar-refractivity contribution >= 4 is 28.5 Å². The molecule has 0 aliphatic carbocycles. The van der Waals surface area contributed by atoms with Crippen LogP contribution in [0.5, 0.6) is 0 Å². The number of amides is 2. The number of hydrogen-bond acceptors (Lipinski definition) is 4. The number of carbonyl (C=O) groups is 2. The van der Waals surface area contributed by atoms with E-state index in [9.17, 15) is 9.59 Å². The Morgan fingerprint density at radius 2 is 1.81 bits per heavy atom. The molecular weight excluding hydrogens is 344 g/mol. The molecule has 0 radical (unpaired) electrons. The number of morpholine rings is 1. The summed E-state index contributed by atoms with van der Waals surface area (Å²) >= 11 is 0. The van der Waals surface area contributed by atoms with Gasteiger partial charge in [0, 0.05) is 29.7 Å². The van der Waals surface area contributed by atoms with Gasteiger partial charge in [0.1, 0.15) is 11.3 Å². The fourth-order valence-corrected chi connectivity index (χ4v) is 3.17. The van der Waals surface area contributed by atoms with Gasteiger partial charge in [0.2, 0.25) is 5.91 Å². The molecule has 1 aliphatic heterocycles. The van der Waals surface area contributed by atoms with Crippen molar-refractivity contribution in [1.82, 2.24) is 4.90 Å². The lowest BCUT2D eigenvalue weighted by atomic mass is 10.1. The number of furan rings is 1. The molecule has 1 aliphatic rings. The molecule has 0 spiro atoms. The van der Waals surface area contributed by atoms with Gasteiger partial charge >= 0.3 is 0 Å². The summed E-state index contributed by atoms with van der Waals surface area (Å²) in [6.07, 6.45) is 0.135. The molecule has 1 aromatic heterocycles. The summed E-state index contributed by atoms with van der Waals surface area (Å²) < 4.78 is 11.0. The predicted molar refractivity (Wildman–Crippen MR) is 102 cm³/mol. The molecule has 138 valence electrons. The Kier molecular flexibility index (Phi) is 4.89. The van der Waals surface area contributed by atoms with E-state index in [1.54, 1.807) is 29.2 Å². The van der Waals surface area contributed by atoms with Crippen molar-refractivity contribution in [3.8, 4) is 0 Å². The van der Waals surface area contributed by atoms with Crippen molar-refractivity contribution in [2.24, 2.45) is 0 Å². The van der Waals surface area contributed by atoms with Crippen LogP contribution >= 0.6 is 0 Å². The lowest BCUT2D eigenvalue weighted by Gasteiger charge is -2.27. The van der Waals surface area contributed by atoms with Gasteiger partial charge in [-0.05, 0) is 30.3 Å². The van der Waals surface area contributed by atoms with Gasteiger partial charge in [-0.25, -0.2) is 0 Å². The number of rotatable bonds is 4. The van der Waals surface area contributed by atoms with Crippen LogP contribution in [0.4, 0.5) is 5.69 Å². The molecule has 0 unspecified atom stereocenters. The largest absolute Gasteiger partial charge is 0.461 e. The SMILES string of the molecule is O=C(Cc1cc2ccccc2o1)Nc1cccc(C(=O)N2CCOCC2)c1. The van der Waals surface area contributed by atoms with E-state index in [0.29, 0.717) is 43.3 Å². The Labute approximate surface area is 156 Å². The van der Waals surface area contributed by atoms with Gasteiger partial charge in [0.15, 0.2) is 0 Å². The molecule has 0 saturated carbocycles. The zero-order valence-electron chi connectivity index (χ0n) is 14.8. The predicted octanol–water partition coefficient (Wildman–Crippen LogP) is 3.09. The molecule has 1 N–H and O–H groups in total. The number of nitrogens with zero attached hydrogens (tertiary/aromatic N) is 1. The van der Waals surface area contributed by atoms with Crippen molar-refractivity contribution < 1.29 is 18.7 Å². The highest BCUT2D eigenvalue weighted by Crippen LogP contribution is 2.20. The first kappa shape index (κ1) is 17.3. The zero-order valence-corrected chi connectivity index (χ0v) is 14.8. The number of para-hydroxylation sites is 1. The van der Waals surface area contributed by atoms with Crippen LogP contribution in [0.15, 0.2) is 59.0 Å². The zero-order chi connectivity index (χ0) is 18.6. The fourth-order valence-electron chi connectivity index (χ4n) is 3.17. The summed E-state index contributed by atoms with van der Waals surface area (Å²) in [5.74, 6) is 0.367. The lowest BCUT2D eigenvalue weighted by Crippen LogP contribution is -2.40. The maximum atomic E-state index is 12.6. The van der Waals surface area contributed by atoms with Crippen molar-refractivity contribution in [3.05, 3.63) is 65.9 Å². The molecule has 6 heteroatoms. The molecule has 0 bridgehead atoms. The van der Waals surface area contributed by atoms with Crippen LogP contribution in [0.3, 0.4) is 0 Å². The Bertz CT molecular complexity index is 940. The van der Waals surface area contributed by atoms with Crippen molar-refractivity contribution in [1.29, 1.82) is 0 Å². The van der Waals surface area contributed by atoms with E-state index in [2.05, 4.69) is 5.32 Å². The van der Waals surface area contributed by atoms with Crippen LogP contribution in [0.25, 0.3) is 11.0 Å². The van der Waals surface area contributed by atoms with Crippen LogP contribution in [0, 0.1) is 0 Å². The minimum absolute atomic E-state index is 0.0494. The average molecular weight is 364 g/mol. The summed E-state index contributed by atoms with van der Waals surface area (Å²) in [5, 5.41) is 3.81. The molecule has 4 rings (SSSR count). The molecular formula is C21H20N2O4. The smallest absolute Gasteiger partial charge is 0.254 e. The monoisotopic (exact) mass is 364 g/mol. The molecule has 0 atom stereocenters. The Morgan fingerprint density at radius 1 is 1.00 bits per heavy atom. The molecule has 6 nitrogen and oxygen atoms in total. The molecule has 27 heavy (non-hydrogen) atoms. The van der Waals surface area contributed by atoms with Crippen molar-refractivity contribution in [3.63, 3.8) is 0 Å². The van der Waals surface area contributed by atoms with Crippen molar-refractivity contribution in [2.75, 3.05) is 31.6 Å². The second-order valence-electron chi connectivity index (χ2n) is 6.46. The number of nitrogens with one attached hydrogen (secondary N) is 1. The summed E-state index contributed by atoms with van der Waals surface area (Å²) in [4.78, 5) is 26.7. The van der Waals surface area contributed by atoms with E-state index in [-0.39, 0.29) is 18.2 Å². The minimum Gasteiger partial charge on any atom is -0.461 e. The van der Waals surface area contributed by atoms with Crippen LogP contribution in [0.1, 0.15) is 16.1 Å². The first-order chi connectivity index (χ1) is 13.2. The first-order valence-corrected chi connectivity index (χ1v) is 8.93. The van der Waals surface area contributed by atoms with Crippen LogP contribution in [0.2, 0.25) is 0 Å². The standard InChI is InChI=1S/C21H20N2O4/c24-20(14-18-13-15-4-1-2-7-19(15)27-18)22-17-6-3-5-16(12-17)21(25)23-8-10-26-11-9-23/h1-7,12-13H,8-11,14H2,(H,22,24). The van der Waals surface area contributed by atoms with Gasteiger partial charge in [-0.1, -0.05) is 24.3 Å². The van der Waals surface area contributed by atoms with E-state index >= 15 is 0 Å². The number of hydrogen-bond donors (Lipinski definition) is 1. The van der Waals surface area contributed by atoms with Gasteiger partial charge in [-0.2, -0.15) is 0 Å². The second-order valence-corrected chi connectivity index (χ2v) is 6.46. The Hall–Kier alpha value is -3.12. The number of ether oxygens (including phenoxy) is 1. The van der Waals surface area contributed by atoms with Gasteiger partial charge in [-0.3, -0.25) is 9.59 Å². The average Bonchev–Trinajstić information content (AvgIpc) is 3.10. The molecule has 1 fully saturated rings. The highest BCUT2D eigenvalue weighted by molar-refractivity contribution is 5.97. The number of carbonyl (C=O) groups excluding carboxylic acids is 2. The number of benzene rings is 2. The highest BCUT2D eigenvalue weighted by atomic mass is 16.5. The van der Waals surface area contributed by atoms with Crippen LogP contribution < -0.4 is 5.32 Å². The van der Waals surface area contributed by atoms with Crippen LogP contribution in [-0.2, 0) is 16.0 Å². The number of anilines is 1. The van der Waals surface area contributed by atoms with Gasteiger partial charge in [0.25, 0.3) is 5.91 Å². The minimum atomic E-state index is -0.190. The Morgan fingerprint density at radius 3 is 2.63 bits per heavy atom. The summed E-state index contributed by atoms with van der Waals surface area (Å²) in [6, 6.07) is 16.5. The molecule has 2 amide bonds. The van der Waals surface area contributed by atoms with Gasteiger partial charge in [-0.15, -0.1) is 0 Å². The van der Waals surface area contributed by atoms with E-state index in [0.717, 1.165) is 11.0 Å². The first-order valence-electron chi connectivity index (χ1n) is 8.93. The Balaban J connectivity index is 1.42. The summed E-state index contributed by atoms with van der Waals surface area (Å²) in [6.45, 7) is 2.28. The van der Waals surface area contributed by atoms with E-state index < -0.39 is 0 Å². The molecule has 2 heterocycles. The lowest BCUT2D eigenvalue weighted by molar-refractivity contribution is -0.115. The highest BCUT2D eigenvalue weighted by Gasteiger charge is 2.19. The molecule has 1 saturated heterocycles. The summed E-state index contributed by atoms with van der Waals surface area (Å²) in [7, 11) is 0. The second kappa shape index (κ2) is 7.63. The fraction of sp³-hybridized carbons (Fsp3) is 0.238. The maximum Gasteiger partial charge on any atom is 0.254 e. The molecule has 3 aromatic rings. The van der Waals surface area contributed by atoms with Crippen molar-refractivity contribution in [2.45, 2.75) is 6.42 Å². The van der Waals surface area contributed by atoms with E-state index in [1.807, 2.05) is 30.3 Å². The van der Waals surface area contributed by atoms with Crippen LogP contribution in [-0.4, -0.2) is 43.0 Å². The number of fused-ring (bicyclic) bond motifs is 1. The molecule has 2 aromatic carbocycles. The van der Waals surface area contributed by atoms with Gasteiger partial charge < -0.3 is 19.4 Å². The third-order valence-electron chi connectivity index (χ3n) is 4.50. The van der Waals surface area contributed by atoms with Gasteiger partial charge in [0.05, 0.1) is 19.6 Å². The summed E-state index contributed by atoms with van der Waals surface area (Å²) in [5.41, 5.74) is 1.91. The van der Waals surface area contributed by atoms with E-state index in [1.165, 1.54) is 0 Å². The third kappa shape index (κ3) is 4.01. The third-order valence-corrected chi connectivity index (χ3v) is 4.50.